The van der Waals surface area contributed by atoms with Crippen molar-refractivity contribution in [3.63, 3.8) is 0 Å². The number of carbonyl (C=O) groups is 2. The monoisotopic (exact) mass is 546 g/mol. The fourth-order valence-corrected chi connectivity index (χ4v) is 5.97. The van der Waals surface area contributed by atoms with E-state index >= 15 is 0 Å². The number of hydrogen-bond donors (Lipinski definition) is 1. The molecule has 0 aliphatic carbocycles. The Morgan fingerprint density at radius 3 is 2.63 bits per heavy atom. The van der Waals surface area contributed by atoms with Gasteiger partial charge in [-0.2, -0.15) is 0 Å². The average Bonchev–Trinajstić information content (AvgIpc) is 3.56. The van der Waals surface area contributed by atoms with Crippen LogP contribution in [0.2, 0.25) is 0 Å². The molecule has 0 saturated carbocycles. The van der Waals surface area contributed by atoms with Crippen LogP contribution in [0.5, 0.6) is 5.75 Å². The molecular weight excluding hydrogens is 524 g/mol. The zero-order valence-electron chi connectivity index (χ0n) is 20.2. The number of carboxylic acid groups (broad SMARTS) is 1. The van der Waals surface area contributed by atoms with E-state index in [0.29, 0.717) is 31.9 Å². The molecule has 8 nitrogen and oxygen atoms in total. The topological polar surface area (TPSA) is 107 Å². The molecule has 0 fully saturated rings. The van der Waals surface area contributed by atoms with Gasteiger partial charge in [-0.15, -0.1) is 11.3 Å². The van der Waals surface area contributed by atoms with Crippen molar-refractivity contribution in [2.24, 2.45) is 4.99 Å². The van der Waals surface area contributed by atoms with E-state index in [0.717, 1.165) is 10.4 Å². The minimum absolute atomic E-state index is 0.187. The number of ether oxygens (including phenoxy) is 2. The highest BCUT2D eigenvalue weighted by Crippen LogP contribution is 2.36. The number of nitrogens with zero attached hydrogens (tertiary/aromatic N) is 2. The normalized spacial score (nSPS) is 15.1. The number of carboxylic acids is 1. The van der Waals surface area contributed by atoms with Gasteiger partial charge in [0.1, 0.15) is 11.8 Å². The molecule has 1 N–H and O–H groups in total. The number of aromatic nitrogens is 1. The van der Waals surface area contributed by atoms with Crippen molar-refractivity contribution in [3.05, 3.63) is 113 Å². The summed E-state index contributed by atoms with van der Waals surface area (Å²) in [7, 11) is 0. The Morgan fingerprint density at radius 1 is 1.11 bits per heavy atom. The van der Waals surface area contributed by atoms with E-state index < -0.39 is 24.6 Å². The molecule has 192 valence electrons. The second kappa shape index (κ2) is 11.0. The molecule has 0 unspecified atom stereocenters. The SMILES string of the molecule is CCOC(=O)C1=C(c2ccccc2)N=c2s/c(=C\c3cccc(OCC(=O)O)c3)c(=O)n2[C@H]1c1cccs1. The van der Waals surface area contributed by atoms with Crippen LogP contribution in [0.25, 0.3) is 11.8 Å². The first kappa shape index (κ1) is 25.4. The highest BCUT2D eigenvalue weighted by atomic mass is 32.1. The summed E-state index contributed by atoms with van der Waals surface area (Å²) < 4.78 is 12.7. The molecule has 5 rings (SSSR count). The maximum atomic E-state index is 13.8. The molecular formula is C28H22N2O6S2. The predicted octanol–water partition coefficient (Wildman–Crippen LogP) is 3.46. The Hall–Kier alpha value is -4.28. The van der Waals surface area contributed by atoms with E-state index in [1.165, 1.54) is 22.7 Å². The van der Waals surface area contributed by atoms with Crippen molar-refractivity contribution in [3.8, 4) is 5.75 Å². The van der Waals surface area contributed by atoms with E-state index in [4.69, 9.17) is 19.6 Å². The summed E-state index contributed by atoms with van der Waals surface area (Å²) in [5.74, 6) is -1.23. The maximum Gasteiger partial charge on any atom is 0.341 e. The van der Waals surface area contributed by atoms with Gasteiger partial charge in [-0.05, 0) is 42.1 Å². The third-order valence-electron chi connectivity index (χ3n) is 5.70. The first-order valence-electron chi connectivity index (χ1n) is 11.7. The number of hydrogen-bond acceptors (Lipinski definition) is 8. The molecule has 4 aromatic rings. The van der Waals surface area contributed by atoms with Gasteiger partial charge < -0.3 is 14.6 Å². The van der Waals surface area contributed by atoms with Crippen LogP contribution in [0.1, 0.15) is 29.0 Å². The second-order valence-electron chi connectivity index (χ2n) is 8.20. The summed E-state index contributed by atoms with van der Waals surface area (Å²) in [6, 6.07) is 19.3. The highest BCUT2D eigenvalue weighted by Gasteiger charge is 2.35. The fourth-order valence-electron chi connectivity index (χ4n) is 4.15. The minimum Gasteiger partial charge on any atom is -0.482 e. The van der Waals surface area contributed by atoms with E-state index in [-0.39, 0.29) is 12.2 Å². The van der Waals surface area contributed by atoms with Gasteiger partial charge in [-0.1, -0.05) is 59.9 Å². The zero-order chi connectivity index (χ0) is 26.6. The minimum atomic E-state index is -1.08. The molecule has 3 heterocycles. The Bertz CT molecular complexity index is 1700. The van der Waals surface area contributed by atoms with Crippen LogP contribution in [-0.4, -0.2) is 34.8 Å². The van der Waals surface area contributed by atoms with Crippen molar-refractivity contribution < 1.29 is 24.2 Å². The molecule has 2 aromatic heterocycles. The van der Waals surface area contributed by atoms with Gasteiger partial charge >= 0.3 is 11.9 Å². The van der Waals surface area contributed by atoms with Crippen molar-refractivity contribution in [2.75, 3.05) is 13.2 Å². The van der Waals surface area contributed by atoms with E-state index in [2.05, 4.69) is 0 Å². The van der Waals surface area contributed by atoms with Gasteiger partial charge in [0, 0.05) is 10.4 Å². The summed E-state index contributed by atoms with van der Waals surface area (Å²) in [5, 5.41) is 10.8. The number of esters is 1. The van der Waals surface area contributed by atoms with Crippen LogP contribution in [0.15, 0.2) is 87.5 Å². The van der Waals surface area contributed by atoms with Crippen LogP contribution in [0.4, 0.5) is 0 Å². The van der Waals surface area contributed by atoms with Crippen molar-refractivity contribution in [1.29, 1.82) is 0 Å². The molecule has 1 atom stereocenters. The first-order valence-corrected chi connectivity index (χ1v) is 13.4. The van der Waals surface area contributed by atoms with Gasteiger partial charge in [-0.3, -0.25) is 9.36 Å². The number of thiophene rings is 1. The second-order valence-corrected chi connectivity index (χ2v) is 10.2. The Balaban J connectivity index is 1.71. The van der Waals surface area contributed by atoms with Gasteiger partial charge in [-0.25, -0.2) is 14.6 Å². The summed E-state index contributed by atoms with van der Waals surface area (Å²) in [6.45, 7) is 1.46. The Kier molecular flexibility index (Phi) is 7.34. The lowest BCUT2D eigenvalue weighted by Crippen LogP contribution is -2.39. The molecule has 0 radical (unpaired) electrons. The predicted molar refractivity (Wildman–Crippen MR) is 145 cm³/mol. The number of aliphatic carboxylic acids is 1. The van der Waals surface area contributed by atoms with Crippen LogP contribution in [0, 0.1) is 0 Å². The van der Waals surface area contributed by atoms with E-state index in [1.807, 2.05) is 47.8 Å². The summed E-state index contributed by atoms with van der Waals surface area (Å²) in [6.07, 6.45) is 1.71. The fraction of sp³-hybridized carbons (Fsp3) is 0.143. The van der Waals surface area contributed by atoms with Crippen molar-refractivity contribution in [2.45, 2.75) is 13.0 Å². The lowest BCUT2D eigenvalue weighted by Gasteiger charge is -2.24. The highest BCUT2D eigenvalue weighted by molar-refractivity contribution is 7.10. The molecule has 0 spiro atoms. The molecule has 0 saturated heterocycles. The third kappa shape index (κ3) is 5.09. The molecule has 38 heavy (non-hydrogen) atoms. The maximum absolute atomic E-state index is 13.8. The zero-order valence-corrected chi connectivity index (χ0v) is 21.8. The van der Waals surface area contributed by atoms with E-state index in [1.54, 1.807) is 41.8 Å². The number of fused-ring (bicyclic) bond motifs is 1. The van der Waals surface area contributed by atoms with Crippen LogP contribution >= 0.6 is 22.7 Å². The Morgan fingerprint density at radius 2 is 1.92 bits per heavy atom. The molecule has 1 aliphatic rings. The lowest BCUT2D eigenvalue weighted by atomic mass is 9.97. The number of carbonyl (C=O) groups excluding carboxylic acids is 1. The average molecular weight is 547 g/mol. The third-order valence-corrected chi connectivity index (χ3v) is 7.61. The lowest BCUT2D eigenvalue weighted by molar-refractivity contribution is -0.140. The summed E-state index contributed by atoms with van der Waals surface area (Å²) >= 11 is 2.67. The quantitative estimate of drug-likeness (QED) is 0.339. The summed E-state index contributed by atoms with van der Waals surface area (Å²) in [5.41, 5.74) is 1.90. The van der Waals surface area contributed by atoms with Gasteiger partial charge in [0.05, 0.1) is 22.4 Å². The Labute approximate surface area is 225 Å². The van der Waals surface area contributed by atoms with Crippen LogP contribution in [-0.2, 0) is 14.3 Å². The van der Waals surface area contributed by atoms with Crippen molar-refractivity contribution >= 4 is 46.4 Å². The molecule has 2 aromatic carbocycles. The summed E-state index contributed by atoms with van der Waals surface area (Å²) in [4.78, 5) is 44.1. The van der Waals surface area contributed by atoms with Gasteiger partial charge in [0.25, 0.3) is 5.56 Å². The van der Waals surface area contributed by atoms with Gasteiger partial charge in [0.15, 0.2) is 11.4 Å². The smallest absolute Gasteiger partial charge is 0.341 e. The first-order chi connectivity index (χ1) is 18.5. The van der Waals surface area contributed by atoms with Crippen molar-refractivity contribution in [1.82, 2.24) is 4.57 Å². The number of benzene rings is 2. The standard InChI is InChI=1S/C28H22N2O6S2/c1-2-35-27(34)23-24(18-9-4-3-5-10-18)29-28-30(25(23)20-12-7-13-37-20)26(33)21(38-28)15-17-8-6-11-19(14-17)36-16-22(31)32/h3-15,25H,2,16H2,1H3,(H,31,32)/b21-15-/t25-/m0/s1. The van der Waals surface area contributed by atoms with Gasteiger partial charge in [0.2, 0.25) is 0 Å². The van der Waals surface area contributed by atoms with Crippen LogP contribution in [0.3, 0.4) is 0 Å². The number of rotatable bonds is 8. The van der Waals surface area contributed by atoms with E-state index in [9.17, 15) is 14.4 Å². The largest absolute Gasteiger partial charge is 0.482 e. The van der Waals surface area contributed by atoms with Crippen LogP contribution < -0.4 is 19.6 Å². The molecule has 0 bridgehead atoms. The molecule has 0 amide bonds. The molecule has 10 heteroatoms. The molecule has 1 aliphatic heterocycles. The number of thiazole rings is 1.